The van der Waals surface area contributed by atoms with E-state index in [9.17, 15) is 4.39 Å². The number of hydrogen-bond acceptors (Lipinski definition) is 2. The highest BCUT2D eigenvalue weighted by atomic mass is 35.5. The Morgan fingerprint density at radius 2 is 1.81 bits per heavy atom. The lowest BCUT2D eigenvalue weighted by molar-refractivity contribution is 0.421. The van der Waals surface area contributed by atoms with Crippen LogP contribution in [0.2, 0.25) is 5.02 Å². The SMILES string of the molecule is Cc1ccc(F)c(Oc2ccc(Cl)cc2)n1. The van der Waals surface area contributed by atoms with Crippen molar-refractivity contribution in [2.24, 2.45) is 0 Å². The van der Waals surface area contributed by atoms with Crippen molar-refractivity contribution in [2.75, 3.05) is 0 Å². The second kappa shape index (κ2) is 4.49. The second-order valence-electron chi connectivity index (χ2n) is 3.30. The summed E-state index contributed by atoms with van der Waals surface area (Å²) in [7, 11) is 0. The second-order valence-corrected chi connectivity index (χ2v) is 3.73. The van der Waals surface area contributed by atoms with E-state index in [0.29, 0.717) is 16.5 Å². The van der Waals surface area contributed by atoms with Crippen LogP contribution < -0.4 is 4.74 Å². The fourth-order valence-corrected chi connectivity index (χ4v) is 1.33. The monoisotopic (exact) mass is 237 g/mol. The standard InChI is InChI=1S/C12H9ClFNO/c1-8-2-7-11(14)12(15-8)16-10-5-3-9(13)4-6-10/h2-7H,1H3. The molecule has 1 aromatic heterocycles. The van der Waals surface area contributed by atoms with Gasteiger partial charge in [-0.1, -0.05) is 11.6 Å². The molecular weight excluding hydrogens is 229 g/mol. The van der Waals surface area contributed by atoms with Crippen LogP contribution in [-0.2, 0) is 0 Å². The predicted octanol–water partition coefficient (Wildman–Crippen LogP) is 3.97. The van der Waals surface area contributed by atoms with E-state index in [2.05, 4.69) is 4.98 Å². The Morgan fingerprint density at radius 1 is 1.12 bits per heavy atom. The van der Waals surface area contributed by atoms with E-state index >= 15 is 0 Å². The van der Waals surface area contributed by atoms with Gasteiger partial charge in [0.05, 0.1) is 0 Å². The highest BCUT2D eigenvalue weighted by Crippen LogP contribution is 2.23. The van der Waals surface area contributed by atoms with Crippen LogP contribution in [0, 0.1) is 12.7 Å². The van der Waals surface area contributed by atoms with Crippen LogP contribution in [0.1, 0.15) is 5.69 Å². The van der Waals surface area contributed by atoms with Crippen molar-refractivity contribution in [2.45, 2.75) is 6.92 Å². The number of rotatable bonds is 2. The number of aryl methyl sites for hydroxylation is 1. The van der Waals surface area contributed by atoms with Crippen molar-refractivity contribution < 1.29 is 9.13 Å². The third kappa shape index (κ3) is 2.49. The summed E-state index contributed by atoms with van der Waals surface area (Å²) >= 11 is 5.73. The molecule has 2 nitrogen and oxygen atoms in total. The van der Waals surface area contributed by atoms with Gasteiger partial charge in [0.25, 0.3) is 5.88 Å². The predicted molar refractivity (Wildman–Crippen MR) is 60.5 cm³/mol. The summed E-state index contributed by atoms with van der Waals surface area (Å²) in [6.07, 6.45) is 0. The smallest absolute Gasteiger partial charge is 0.256 e. The van der Waals surface area contributed by atoms with Crippen LogP contribution in [0.15, 0.2) is 36.4 Å². The average molecular weight is 238 g/mol. The van der Waals surface area contributed by atoms with Gasteiger partial charge < -0.3 is 4.74 Å². The van der Waals surface area contributed by atoms with Gasteiger partial charge in [-0.3, -0.25) is 0 Å². The molecule has 16 heavy (non-hydrogen) atoms. The molecule has 0 bridgehead atoms. The molecule has 1 aromatic carbocycles. The average Bonchev–Trinajstić information content (AvgIpc) is 2.27. The van der Waals surface area contributed by atoms with E-state index in [4.69, 9.17) is 16.3 Å². The van der Waals surface area contributed by atoms with Crippen molar-refractivity contribution in [1.82, 2.24) is 4.98 Å². The number of hydrogen-bond donors (Lipinski definition) is 0. The Kier molecular flexibility index (Phi) is 3.06. The summed E-state index contributed by atoms with van der Waals surface area (Å²) in [5, 5.41) is 0.602. The van der Waals surface area contributed by atoms with Crippen LogP contribution in [0.5, 0.6) is 11.6 Å². The van der Waals surface area contributed by atoms with Crippen molar-refractivity contribution in [3.05, 3.63) is 52.9 Å². The van der Waals surface area contributed by atoms with E-state index in [1.165, 1.54) is 6.07 Å². The maximum atomic E-state index is 13.3. The normalized spacial score (nSPS) is 10.2. The molecule has 0 spiro atoms. The maximum Gasteiger partial charge on any atom is 0.256 e. The zero-order chi connectivity index (χ0) is 11.5. The Balaban J connectivity index is 2.26. The number of halogens is 2. The highest BCUT2D eigenvalue weighted by Gasteiger charge is 2.06. The lowest BCUT2D eigenvalue weighted by Gasteiger charge is -2.06. The van der Waals surface area contributed by atoms with Gasteiger partial charge in [-0.05, 0) is 43.3 Å². The maximum absolute atomic E-state index is 13.3. The van der Waals surface area contributed by atoms with Crippen LogP contribution in [-0.4, -0.2) is 4.98 Å². The molecule has 1 heterocycles. The zero-order valence-electron chi connectivity index (χ0n) is 8.58. The Morgan fingerprint density at radius 3 is 2.50 bits per heavy atom. The molecule has 0 radical (unpaired) electrons. The fourth-order valence-electron chi connectivity index (χ4n) is 1.20. The van der Waals surface area contributed by atoms with Crippen LogP contribution >= 0.6 is 11.6 Å². The zero-order valence-corrected chi connectivity index (χ0v) is 9.33. The van der Waals surface area contributed by atoms with Crippen LogP contribution in [0.25, 0.3) is 0 Å². The summed E-state index contributed by atoms with van der Waals surface area (Å²) in [5.41, 5.74) is 0.699. The first-order valence-corrected chi connectivity index (χ1v) is 5.09. The molecule has 0 aliphatic rings. The van der Waals surface area contributed by atoms with Gasteiger partial charge in [0.2, 0.25) is 0 Å². The molecule has 0 amide bonds. The van der Waals surface area contributed by atoms with Gasteiger partial charge in [0, 0.05) is 10.7 Å². The van der Waals surface area contributed by atoms with E-state index in [1.54, 1.807) is 37.3 Å². The van der Waals surface area contributed by atoms with Gasteiger partial charge in [-0.25, -0.2) is 9.37 Å². The first-order valence-electron chi connectivity index (χ1n) is 4.72. The molecule has 82 valence electrons. The van der Waals surface area contributed by atoms with Gasteiger partial charge in [-0.2, -0.15) is 0 Å². The Labute approximate surface area is 97.7 Å². The summed E-state index contributed by atoms with van der Waals surface area (Å²) in [4.78, 5) is 3.96. The van der Waals surface area contributed by atoms with Gasteiger partial charge in [0.1, 0.15) is 5.75 Å². The quantitative estimate of drug-likeness (QED) is 0.788. The molecule has 0 aliphatic heterocycles. The Bertz CT molecular complexity index is 499. The first-order chi connectivity index (χ1) is 7.65. The van der Waals surface area contributed by atoms with E-state index in [1.807, 2.05) is 0 Å². The molecule has 2 aromatic rings. The highest BCUT2D eigenvalue weighted by molar-refractivity contribution is 6.30. The van der Waals surface area contributed by atoms with Crippen molar-refractivity contribution in [1.29, 1.82) is 0 Å². The van der Waals surface area contributed by atoms with Crippen molar-refractivity contribution in [3.63, 3.8) is 0 Å². The minimum atomic E-state index is -0.486. The minimum Gasteiger partial charge on any atom is -0.436 e. The van der Waals surface area contributed by atoms with Crippen molar-refractivity contribution in [3.8, 4) is 11.6 Å². The van der Waals surface area contributed by atoms with Gasteiger partial charge in [-0.15, -0.1) is 0 Å². The third-order valence-corrected chi connectivity index (χ3v) is 2.23. The van der Waals surface area contributed by atoms with E-state index in [-0.39, 0.29) is 5.88 Å². The molecule has 0 fully saturated rings. The number of aromatic nitrogens is 1. The van der Waals surface area contributed by atoms with E-state index in [0.717, 1.165) is 0 Å². The molecule has 0 unspecified atom stereocenters. The summed E-state index contributed by atoms with van der Waals surface area (Å²) in [5.74, 6) is -0.00993. The molecular formula is C12H9ClFNO. The molecule has 0 N–H and O–H groups in total. The summed E-state index contributed by atoms with van der Waals surface area (Å²) in [6, 6.07) is 9.57. The largest absolute Gasteiger partial charge is 0.436 e. The molecule has 2 rings (SSSR count). The molecule has 0 atom stereocenters. The topological polar surface area (TPSA) is 22.1 Å². The summed E-state index contributed by atoms with van der Waals surface area (Å²) in [6.45, 7) is 1.77. The lowest BCUT2D eigenvalue weighted by Crippen LogP contribution is -1.93. The number of pyridine rings is 1. The minimum absolute atomic E-state index is 0.0256. The Hall–Kier alpha value is -1.61. The molecule has 0 aliphatic carbocycles. The number of ether oxygens (including phenoxy) is 1. The number of nitrogens with zero attached hydrogens (tertiary/aromatic N) is 1. The number of benzene rings is 1. The lowest BCUT2D eigenvalue weighted by atomic mass is 10.3. The first kappa shape index (κ1) is 10.9. The van der Waals surface area contributed by atoms with Crippen LogP contribution in [0.4, 0.5) is 4.39 Å². The third-order valence-electron chi connectivity index (χ3n) is 1.98. The van der Waals surface area contributed by atoms with Crippen molar-refractivity contribution >= 4 is 11.6 Å². The molecule has 0 saturated carbocycles. The van der Waals surface area contributed by atoms with Gasteiger partial charge in [0.15, 0.2) is 5.82 Å². The van der Waals surface area contributed by atoms with E-state index < -0.39 is 5.82 Å². The molecule has 4 heteroatoms. The summed E-state index contributed by atoms with van der Waals surface area (Å²) < 4.78 is 18.6. The molecule has 0 saturated heterocycles. The fraction of sp³-hybridized carbons (Fsp3) is 0.0833. The van der Waals surface area contributed by atoms with Crippen LogP contribution in [0.3, 0.4) is 0 Å². The van der Waals surface area contributed by atoms with Gasteiger partial charge >= 0.3 is 0 Å².